The molecule has 1 heterocycles. The van der Waals surface area contributed by atoms with Crippen molar-refractivity contribution in [2.75, 3.05) is 5.75 Å². The van der Waals surface area contributed by atoms with Crippen molar-refractivity contribution in [1.29, 1.82) is 0 Å². The van der Waals surface area contributed by atoms with Gasteiger partial charge in [0.1, 0.15) is 0 Å². The van der Waals surface area contributed by atoms with Crippen molar-refractivity contribution < 1.29 is 9.90 Å². The lowest BCUT2D eigenvalue weighted by molar-refractivity contribution is -0.137. The zero-order valence-electron chi connectivity index (χ0n) is 15.1. The van der Waals surface area contributed by atoms with Crippen LogP contribution in [-0.2, 0) is 4.79 Å². The van der Waals surface area contributed by atoms with Crippen LogP contribution in [0.25, 0.3) is 22.5 Å². The first-order chi connectivity index (χ1) is 13.5. The number of imidazole rings is 1. The van der Waals surface area contributed by atoms with Crippen LogP contribution in [0.4, 0.5) is 0 Å². The second-order valence-corrected chi connectivity index (χ2v) is 8.29. The fraction of sp³-hybridized carbons (Fsp3) is 0.238. The van der Waals surface area contributed by atoms with Crippen molar-refractivity contribution in [3.8, 4) is 22.5 Å². The molecule has 0 aliphatic heterocycles. The van der Waals surface area contributed by atoms with Crippen LogP contribution < -0.4 is 0 Å². The Morgan fingerprint density at radius 3 is 2.14 bits per heavy atom. The molecule has 2 aromatic carbocycles. The summed E-state index contributed by atoms with van der Waals surface area (Å²) in [6.45, 7) is 0. The number of carboxylic acid groups (broad SMARTS) is 1. The van der Waals surface area contributed by atoms with Crippen molar-refractivity contribution in [1.82, 2.24) is 9.97 Å². The maximum Gasteiger partial charge on any atom is 0.303 e. The third-order valence-electron chi connectivity index (χ3n) is 4.21. The molecule has 0 amide bonds. The van der Waals surface area contributed by atoms with Gasteiger partial charge in [0.05, 0.1) is 11.4 Å². The number of benzene rings is 2. The van der Waals surface area contributed by atoms with Crippen LogP contribution >= 0.6 is 35.0 Å². The highest BCUT2D eigenvalue weighted by atomic mass is 35.5. The predicted molar refractivity (Wildman–Crippen MR) is 116 cm³/mol. The predicted octanol–water partition coefficient (Wildman–Crippen LogP) is 6.79. The van der Waals surface area contributed by atoms with Gasteiger partial charge in [0.15, 0.2) is 5.16 Å². The molecule has 0 spiro atoms. The van der Waals surface area contributed by atoms with Gasteiger partial charge in [-0.25, -0.2) is 4.98 Å². The summed E-state index contributed by atoms with van der Waals surface area (Å²) in [6, 6.07) is 15.3. The minimum Gasteiger partial charge on any atom is -0.481 e. The lowest BCUT2D eigenvalue weighted by Gasteiger charge is -2.03. The van der Waals surface area contributed by atoms with Gasteiger partial charge in [0, 0.05) is 33.3 Å². The lowest BCUT2D eigenvalue weighted by atomic mass is 10.1. The van der Waals surface area contributed by atoms with Crippen molar-refractivity contribution in [2.45, 2.75) is 30.8 Å². The summed E-state index contributed by atoms with van der Waals surface area (Å²) >= 11 is 13.7. The average molecular weight is 435 g/mol. The van der Waals surface area contributed by atoms with Crippen molar-refractivity contribution in [3.05, 3.63) is 58.6 Å². The second-order valence-electron chi connectivity index (χ2n) is 6.33. The van der Waals surface area contributed by atoms with E-state index < -0.39 is 5.97 Å². The number of thioether (sulfide) groups is 1. The van der Waals surface area contributed by atoms with Gasteiger partial charge in [-0.15, -0.1) is 0 Å². The monoisotopic (exact) mass is 434 g/mol. The molecule has 0 aliphatic rings. The smallest absolute Gasteiger partial charge is 0.303 e. The second kappa shape index (κ2) is 10.0. The molecule has 0 bridgehead atoms. The highest BCUT2D eigenvalue weighted by Gasteiger charge is 2.14. The molecule has 4 nitrogen and oxygen atoms in total. The Morgan fingerprint density at radius 2 is 1.54 bits per heavy atom. The fourth-order valence-corrected chi connectivity index (χ4v) is 3.91. The quantitative estimate of drug-likeness (QED) is 0.287. The Kier molecular flexibility index (Phi) is 7.43. The zero-order valence-corrected chi connectivity index (χ0v) is 17.4. The molecule has 3 rings (SSSR count). The molecule has 2 N–H and O–H groups in total. The van der Waals surface area contributed by atoms with Gasteiger partial charge in [-0.1, -0.05) is 65.7 Å². The van der Waals surface area contributed by atoms with E-state index in [2.05, 4.69) is 4.98 Å². The minimum atomic E-state index is -0.737. The maximum absolute atomic E-state index is 10.6. The highest BCUT2D eigenvalue weighted by molar-refractivity contribution is 7.99. The number of halogens is 2. The molecule has 0 unspecified atom stereocenters. The van der Waals surface area contributed by atoms with Gasteiger partial charge in [-0.2, -0.15) is 0 Å². The van der Waals surface area contributed by atoms with Crippen molar-refractivity contribution >= 4 is 40.9 Å². The normalized spacial score (nSPS) is 10.9. The van der Waals surface area contributed by atoms with E-state index in [1.807, 2.05) is 48.5 Å². The summed E-state index contributed by atoms with van der Waals surface area (Å²) in [5.41, 5.74) is 3.80. The van der Waals surface area contributed by atoms with Gasteiger partial charge in [0.25, 0.3) is 0 Å². The zero-order chi connectivity index (χ0) is 19.9. The first kappa shape index (κ1) is 20.8. The molecule has 0 fully saturated rings. The Morgan fingerprint density at radius 1 is 0.929 bits per heavy atom. The molecule has 0 aliphatic carbocycles. The third-order valence-corrected chi connectivity index (χ3v) is 5.67. The summed E-state index contributed by atoms with van der Waals surface area (Å²) in [7, 11) is 0. The van der Waals surface area contributed by atoms with Crippen LogP contribution in [0.1, 0.15) is 25.7 Å². The van der Waals surface area contributed by atoms with Crippen LogP contribution in [0.3, 0.4) is 0 Å². The van der Waals surface area contributed by atoms with Crippen molar-refractivity contribution in [2.24, 2.45) is 0 Å². The number of rotatable bonds is 9. The van der Waals surface area contributed by atoms with Gasteiger partial charge in [0.2, 0.25) is 0 Å². The van der Waals surface area contributed by atoms with Crippen LogP contribution in [0, 0.1) is 0 Å². The van der Waals surface area contributed by atoms with E-state index in [1.165, 1.54) is 0 Å². The van der Waals surface area contributed by atoms with Gasteiger partial charge < -0.3 is 10.1 Å². The van der Waals surface area contributed by atoms with E-state index in [4.69, 9.17) is 33.3 Å². The van der Waals surface area contributed by atoms with E-state index in [0.717, 1.165) is 46.3 Å². The summed E-state index contributed by atoms with van der Waals surface area (Å²) in [6.07, 6.45) is 2.78. The fourth-order valence-electron chi connectivity index (χ4n) is 2.79. The molecular formula is C21H20Cl2N2O2S. The van der Waals surface area contributed by atoms with Crippen LogP contribution in [0.5, 0.6) is 0 Å². The summed E-state index contributed by atoms with van der Waals surface area (Å²) in [5.74, 6) is 0.145. The number of unbranched alkanes of at least 4 members (excludes halogenated alkanes) is 2. The molecule has 28 heavy (non-hydrogen) atoms. The molecule has 146 valence electrons. The summed E-state index contributed by atoms with van der Waals surface area (Å²) < 4.78 is 0. The molecule has 1 aromatic heterocycles. The molecule has 0 radical (unpaired) electrons. The number of hydrogen-bond donors (Lipinski definition) is 2. The summed E-state index contributed by atoms with van der Waals surface area (Å²) in [5, 5.41) is 10.9. The molecule has 0 atom stereocenters. The number of H-pyrrole nitrogens is 1. The van der Waals surface area contributed by atoms with Crippen LogP contribution in [0.2, 0.25) is 10.0 Å². The number of carbonyl (C=O) groups is 1. The largest absolute Gasteiger partial charge is 0.481 e. The SMILES string of the molecule is O=C(O)CCCCCSc1nc(-c2ccc(Cl)cc2)c(-c2ccc(Cl)cc2)[nH]1. The van der Waals surface area contributed by atoms with E-state index in [0.29, 0.717) is 16.5 Å². The number of aromatic amines is 1. The molecular weight excluding hydrogens is 415 g/mol. The van der Waals surface area contributed by atoms with Crippen molar-refractivity contribution in [3.63, 3.8) is 0 Å². The van der Waals surface area contributed by atoms with E-state index in [9.17, 15) is 4.79 Å². The van der Waals surface area contributed by atoms with E-state index >= 15 is 0 Å². The highest BCUT2D eigenvalue weighted by Crippen LogP contribution is 2.34. The molecule has 7 heteroatoms. The van der Waals surface area contributed by atoms with Crippen LogP contribution in [-0.4, -0.2) is 26.8 Å². The number of hydrogen-bond acceptors (Lipinski definition) is 3. The first-order valence-electron chi connectivity index (χ1n) is 8.99. The number of nitrogens with one attached hydrogen (secondary N) is 1. The molecule has 0 saturated heterocycles. The Balaban J connectivity index is 1.76. The Labute approximate surface area is 178 Å². The number of carboxylic acids is 1. The first-order valence-corrected chi connectivity index (χ1v) is 10.7. The van der Waals surface area contributed by atoms with E-state index in [1.54, 1.807) is 11.8 Å². The average Bonchev–Trinajstić information content (AvgIpc) is 3.09. The molecule has 3 aromatic rings. The minimum absolute atomic E-state index is 0.229. The Bertz CT molecular complexity index is 862. The topological polar surface area (TPSA) is 66.0 Å². The number of aliphatic carboxylic acids is 1. The standard InChI is InChI=1S/C21H20Cl2N2O2S/c22-16-9-5-14(6-10-16)19-20(15-7-11-17(23)12-8-15)25-21(24-19)28-13-3-1-2-4-18(26)27/h5-12H,1-4,13H2,(H,24,25)(H,26,27). The Hall–Kier alpha value is -1.95. The lowest BCUT2D eigenvalue weighted by Crippen LogP contribution is -1.94. The van der Waals surface area contributed by atoms with Gasteiger partial charge in [-0.3, -0.25) is 4.79 Å². The molecule has 0 saturated carbocycles. The van der Waals surface area contributed by atoms with Gasteiger partial charge in [-0.05, 0) is 37.1 Å². The summed E-state index contributed by atoms with van der Waals surface area (Å²) in [4.78, 5) is 18.8. The number of aromatic nitrogens is 2. The van der Waals surface area contributed by atoms with Crippen LogP contribution in [0.15, 0.2) is 53.7 Å². The van der Waals surface area contributed by atoms with E-state index in [-0.39, 0.29) is 6.42 Å². The number of nitrogens with zero attached hydrogens (tertiary/aromatic N) is 1. The third kappa shape index (κ3) is 5.77. The van der Waals surface area contributed by atoms with Gasteiger partial charge >= 0.3 is 5.97 Å². The maximum atomic E-state index is 10.6.